The van der Waals surface area contributed by atoms with E-state index in [9.17, 15) is 14.4 Å². The van der Waals surface area contributed by atoms with Crippen molar-refractivity contribution in [2.24, 2.45) is 0 Å². The van der Waals surface area contributed by atoms with Crippen LogP contribution in [0, 0.1) is 6.92 Å². The third-order valence-electron chi connectivity index (χ3n) is 5.19. The molecule has 0 atom stereocenters. The van der Waals surface area contributed by atoms with E-state index in [0.717, 1.165) is 22.2 Å². The van der Waals surface area contributed by atoms with Crippen LogP contribution in [0.4, 0.5) is 10.5 Å². The van der Waals surface area contributed by atoms with E-state index in [1.807, 2.05) is 31.2 Å². The number of halogens is 2. The van der Waals surface area contributed by atoms with Gasteiger partial charge in [0.15, 0.2) is 6.61 Å². The fourth-order valence-corrected chi connectivity index (χ4v) is 4.59. The highest BCUT2D eigenvalue weighted by Crippen LogP contribution is 2.34. The molecular weight excluding hydrogens is 535 g/mol. The average Bonchev–Trinajstić information content (AvgIpc) is 3.12. The van der Waals surface area contributed by atoms with Crippen molar-refractivity contribution in [3.8, 4) is 11.5 Å². The Balaban J connectivity index is 1.40. The van der Waals surface area contributed by atoms with Gasteiger partial charge in [0.2, 0.25) is 0 Å². The van der Waals surface area contributed by atoms with Gasteiger partial charge >= 0.3 is 0 Å². The SMILES string of the molecule is Cc1cccc(OCCN2C(=O)S/C(=C\c3cc(Cl)ccc3OCC(=O)Nc3ccc(Cl)cc3)C2=O)c1. The number of ether oxygens (including phenoxy) is 2. The second kappa shape index (κ2) is 12.2. The number of hydrogen-bond donors (Lipinski definition) is 1. The van der Waals surface area contributed by atoms with Gasteiger partial charge in [-0.25, -0.2) is 0 Å². The van der Waals surface area contributed by atoms with Gasteiger partial charge in [0.05, 0.1) is 11.4 Å². The summed E-state index contributed by atoms with van der Waals surface area (Å²) in [6.07, 6.45) is 1.53. The van der Waals surface area contributed by atoms with Crippen molar-refractivity contribution in [2.75, 3.05) is 25.1 Å². The Morgan fingerprint density at radius 1 is 1.00 bits per heavy atom. The molecule has 10 heteroatoms. The number of thioether (sulfide) groups is 1. The topological polar surface area (TPSA) is 84.9 Å². The summed E-state index contributed by atoms with van der Waals surface area (Å²) in [4.78, 5) is 39.1. The highest BCUT2D eigenvalue weighted by molar-refractivity contribution is 8.18. The van der Waals surface area contributed by atoms with E-state index in [0.29, 0.717) is 32.8 Å². The zero-order chi connectivity index (χ0) is 26.4. The number of nitrogens with zero attached hydrogens (tertiary/aromatic N) is 1. The van der Waals surface area contributed by atoms with Gasteiger partial charge in [-0.3, -0.25) is 19.3 Å². The quantitative estimate of drug-likeness (QED) is 0.305. The van der Waals surface area contributed by atoms with E-state index in [1.165, 1.54) is 6.08 Å². The Kier molecular flexibility index (Phi) is 8.76. The lowest BCUT2D eigenvalue weighted by molar-refractivity contribution is -0.123. The standard InChI is InChI=1S/C27H22Cl2N2O5S/c1-17-3-2-4-22(13-17)35-12-11-31-26(33)24(37-27(31)34)15-18-14-20(29)7-10-23(18)36-16-25(32)30-21-8-5-19(28)6-9-21/h2-10,13-15H,11-12,16H2,1H3,(H,30,32)/b24-15-. The summed E-state index contributed by atoms with van der Waals surface area (Å²) in [6, 6.07) is 19.0. The molecule has 4 rings (SSSR count). The van der Waals surface area contributed by atoms with Crippen molar-refractivity contribution in [1.82, 2.24) is 4.90 Å². The zero-order valence-corrected chi connectivity index (χ0v) is 22.0. The van der Waals surface area contributed by atoms with Crippen molar-refractivity contribution in [3.63, 3.8) is 0 Å². The van der Waals surface area contributed by atoms with Crippen LogP contribution in [0.15, 0.2) is 71.6 Å². The second-order valence-corrected chi connectivity index (χ2v) is 9.89. The van der Waals surface area contributed by atoms with Gasteiger partial charge in [-0.1, -0.05) is 35.3 Å². The summed E-state index contributed by atoms with van der Waals surface area (Å²) in [7, 11) is 0. The van der Waals surface area contributed by atoms with Crippen LogP contribution in [0.25, 0.3) is 6.08 Å². The van der Waals surface area contributed by atoms with E-state index in [2.05, 4.69) is 5.32 Å². The molecule has 0 unspecified atom stereocenters. The minimum Gasteiger partial charge on any atom is -0.492 e. The predicted molar refractivity (Wildman–Crippen MR) is 146 cm³/mol. The van der Waals surface area contributed by atoms with Gasteiger partial charge < -0.3 is 14.8 Å². The molecule has 3 amide bonds. The molecule has 1 aliphatic heterocycles. The third-order valence-corrected chi connectivity index (χ3v) is 6.59. The number of carbonyl (C=O) groups excluding carboxylic acids is 3. The van der Waals surface area contributed by atoms with Gasteiger partial charge in [0.25, 0.3) is 17.1 Å². The Morgan fingerprint density at radius 3 is 2.51 bits per heavy atom. The van der Waals surface area contributed by atoms with Gasteiger partial charge in [0, 0.05) is 21.3 Å². The Morgan fingerprint density at radius 2 is 1.76 bits per heavy atom. The van der Waals surface area contributed by atoms with Crippen LogP contribution in [0.3, 0.4) is 0 Å². The summed E-state index contributed by atoms with van der Waals surface area (Å²) in [5.74, 6) is 0.194. The number of aryl methyl sites for hydroxylation is 1. The predicted octanol–water partition coefficient (Wildman–Crippen LogP) is 6.43. The Labute approximate surface area is 228 Å². The first kappa shape index (κ1) is 26.6. The van der Waals surface area contributed by atoms with Crippen LogP contribution < -0.4 is 14.8 Å². The number of rotatable bonds is 9. The van der Waals surface area contributed by atoms with E-state index < -0.39 is 11.1 Å². The first-order chi connectivity index (χ1) is 17.8. The molecule has 0 aliphatic carbocycles. The monoisotopic (exact) mass is 556 g/mol. The number of amides is 3. The number of hydrogen-bond acceptors (Lipinski definition) is 6. The molecule has 1 fully saturated rings. The van der Waals surface area contributed by atoms with Crippen LogP contribution in [-0.4, -0.2) is 41.7 Å². The van der Waals surface area contributed by atoms with Gasteiger partial charge in [-0.2, -0.15) is 0 Å². The van der Waals surface area contributed by atoms with E-state index >= 15 is 0 Å². The molecule has 0 spiro atoms. The Bertz CT molecular complexity index is 1360. The maximum absolute atomic E-state index is 12.9. The molecule has 7 nitrogen and oxygen atoms in total. The second-order valence-electron chi connectivity index (χ2n) is 8.02. The Hall–Kier alpha value is -3.46. The average molecular weight is 557 g/mol. The molecule has 37 heavy (non-hydrogen) atoms. The summed E-state index contributed by atoms with van der Waals surface area (Å²) in [5.41, 5.74) is 2.09. The fraction of sp³-hybridized carbons (Fsp3) is 0.148. The molecule has 0 aromatic heterocycles. The summed E-state index contributed by atoms with van der Waals surface area (Å²) >= 11 is 12.8. The molecular formula is C27H22Cl2N2O5S. The van der Waals surface area contributed by atoms with Crippen molar-refractivity contribution in [2.45, 2.75) is 6.92 Å². The molecule has 0 radical (unpaired) electrons. The molecule has 190 valence electrons. The maximum Gasteiger partial charge on any atom is 0.293 e. The van der Waals surface area contributed by atoms with Crippen LogP contribution in [0.5, 0.6) is 11.5 Å². The lowest BCUT2D eigenvalue weighted by atomic mass is 10.2. The van der Waals surface area contributed by atoms with Gasteiger partial charge in [0.1, 0.15) is 18.1 Å². The van der Waals surface area contributed by atoms with Crippen LogP contribution in [-0.2, 0) is 9.59 Å². The summed E-state index contributed by atoms with van der Waals surface area (Å²) in [6.45, 7) is 1.96. The lowest BCUT2D eigenvalue weighted by Gasteiger charge is -2.13. The summed E-state index contributed by atoms with van der Waals surface area (Å²) < 4.78 is 11.4. The van der Waals surface area contributed by atoms with E-state index in [4.69, 9.17) is 32.7 Å². The van der Waals surface area contributed by atoms with Gasteiger partial charge in [-0.05, 0) is 84.9 Å². The highest BCUT2D eigenvalue weighted by Gasteiger charge is 2.35. The number of imide groups is 1. The molecule has 1 N–H and O–H groups in total. The molecule has 0 bridgehead atoms. The van der Waals surface area contributed by atoms with Crippen molar-refractivity contribution >= 4 is 63.8 Å². The molecule has 1 saturated heterocycles. The zero-order valence-electron chi connectivity index (χ0n) is 19.7. The van der Waals surface area contributed by atoms with Crippen molar-refractivity contribution < 1.29 is 23.9 Å². The number of anilines is 1. The minimum absolute atomic E-state index is 0.111. The first-order valence-electron chi connectivity index (χ1n) is 11.2. The first-order valence-corrected chi connectivity index (χ1v) is 12.8. The minimum atomic E-state index is -0.436. The molecule has 3 aromatic rings. The molecule has 0 saturated carbocycles. The van der Waals surface area contributed by atoms with E-state index in [1.54, 1.807) is 42.5 Å². The molecule has 3 aromatic carbocycles. The lowest BCUT2D eigenvalue weighted by Crippen LogP contribution is -2.32. The maximum atomic E-state index is 12.9. The van der Waals surface area contributed by atoms with Crippen molar-refractivity contribution in [3.05, 3.63) is 92.8 Å². The summed E-state index contributed by atoms with van der Waals surface area (Å²) in [5, 5.41) is 3.29. The molecule has 1 aliphatic rings. The fourth-order valence-electron chi connectivity index (χ4n) is 3.43. The van der Waals surface area contributed by atoms with Crippen LogP contribution in [0.1, 0.15) is 11.1 Å². The van der Waals surface area contributed by atoms with Gasteiger partial charge in [-0.15, -0.1) is 0 Å². The third kappa shape index (κ3) is 7.29. The van der Waals surface area contributed by atoms with Crippen LogP contribution >= 0.6 is 35.0 Å². The largest absolute Gasteiger partial charge is 0.492 e. The number of benzene rings is 3. The highest BCUT2D eigenvalue weighted by atomic mass is 35.5. The van der Waals surface area contributed by atoms with Crippen LogP contribution in [0.2, 0.25) is 10.0 Å². The smallest absolute Gasteiger partial charge is 0.293 e. The molecule has 1 heterocycles. The number of nitrogens with one attached hydrogen (secondary N) is 1. The number of carbonyl (C=O) groups is 3. The van der Waals surface area contributed by atoms with Crippen molar-refractivity contribution in [1.29, 1.82) is 0 Å². The normalized spacial score (nSPS) is 14.2. The van der Waals surface area contributed by atoms with E-state index in [-0.39, 0.29) is 30.6 Å².